The van der Waals surface area contributed by atoms with Crippen LogP contribution in [0.2, 0.25) is 0 Å². The van der Waals surface area contributed by atoms with Crippen LogP contribution < -0.4 is 10.1 Å². The number of hydrogen-bond donors (Lipinski definition) is 2. The maximum absolute atomic E-state index is 13.1. The van der Waals surface area contributed by atoms with Crippen LogP contribution in [-0.4, -0.2) is 49.0 Å². The number of hydrogen-bond acceptors (Lipinski definition) is 10. The van der Waals surface area contributed by atoms with E-state index in [9.17, 15) is 9.59 Å². The molecule has 0 amide bonds. The first-order valence-corrected chi connectivity index (χ1v) is 13.8. The molecule has 9 nitrogen and oxygen atoms in total. The highest BCUT2D eigenvalue weighted by atomic mass is 32.2. The Hall–Kier alpha value is -3.79. The van der Waals surface area contributed by atoms with Crippen molar-refractivity contribution in [3.8, 4) is 18.1 Å². The number of terminal acetylenes is 1. The number of nitrogens with zero attached hydrogens (tertiary/aromatic N) is 4. The maximum Gasteiger partial charge on any atom is 0.304 e. The molecule has 0 fully saturated rings. The van der Waals surface area contributed by atoms with Crippen LogP contribution in [0.25, 0.3) is 10.9 Å². The number of benzene rings is 2. The molecule has 0 bridgehead atoms. The lowest BCUT2D eigenvalue weighted by Crippen LogP contribution is -2.14. The molecule has 38 heavy (non-hydrogen) atoms. The zero-order chi connectivity index (χ0) is 27.1. The molecule has 2 aromatic heterocycles. The second kappa shape index (κ2) is 12.6. The molecule has 2 aromatic carbocycles. The Morgan fingerprint density at radius 3 is 2.89 bits per heavy atom. The van der Waals surface area contributed by atoms with E-state index in [0.29, 0.717) is 43.3 Å². The number of aliphatic carboxylic acids is 1. The molecule has 12 heteroatoms. The Kier molecular flexibility index (Phi) is 9.06. The third kappa shape index (κ3) is 6.95. The molecule has 0 aliphatic carbocycles. The first-order valence-electron chi connectivity index (χ1n) is 11.5. The van der Waals surface area contributed by atoms with Gasteiger partial charge in [-0.15, -0.1) is 6.42 Å². The number of ether oxygens (including phenoxy) is 1. The number of fused-ring (bicyclic) bond motifs is 1. The van der Waals surface area contributed by atoms with E-state index in [4.69, 9.17) is 28.5 Å². The topological polar surface area (TPSA) is 119 Å². The zero-order valence-electron chi connectivity index (χ0n) is 20.3. The molecular weight excluding hydrogens is 543 g/mol. The Balaban J connectivity index is 1.57. The second-order valence-corrected chi connectivity index (χ2v) is 10.9. The molecule has 2 N–H and O–H groups in total. The van der Waals surface area contributed by atoms with Crippen LogP contribution in [0.3, 0.4) is 0 Å². The van der Waals surface area contributed by atoms with E-state index in [1.54, 1.807) is 6.07 Å². The Morgan fingerprint density at radius 1 is 1.29 bits per heavy atom. The van der Waals surface area contributed by atoms with Crippen LogP contribution in [0.15, 0.2) is 47.1 Å². The monoisotopic (exact) mass is 565 g/mol. The predicted molar refractivity (Wildman–Crippen MR) is 151 cm³/mol. The molecule has 4 aromatic rings. The summed E-state index contributed by atoms with van der Waals surface area (Å²) in [5.41, 5.74) is 2.88. The van der Waals surface area contributed by atoms with E-state index in [0.717, 1.165) is 16.6 Å². The molecular formula is C26H23N5O4S3. The summed E-state index contributed by atoms with van der Waals surface area (Å²) in [7, 11) is 0. The van der Waals surface area contributed by atoms with Crippen molar-refractivity contribution in [2.24, 2.45) is 0 Å². The second-order valence-electron chi connectivity index (χ2n) is 7.98. The van der Waals surface area contributed by atoms with E-state index < -0.39 is 5.97 Å². The fourth-order valence-corrected chi connectivity index (χ4v) is 5.92. The van der Waals surface area contributed by atoms with E-state index in [1.807, 2.05) is 37.3 Å². The number of carboxylic acid groups (broad SMARTS) is 1. The lowest BCUT2D eigenvalue weighted by Gasteiger charge is -2.14. The number of nitrogens with one attached hydrogen (secondary N) is 1. The number of ketones is 1. The summed E-state index contributed by atoms with van der Waals surface area (Å²) in [6.45, 7) is 2.29. The summed E-state index contributed by atoms with van der Waals surface area (Å²) in [5.74, 6) is 3.16. The largest absolute Gasteiger partial charge is 0.494 e. The number of Topliss-reactive ketones (excluding diaryl/α,β-unsaturated/α-hetero) is 1. The average Bonchev–Trinajstić information content (AvgIpc) is 3.23. The smallest absolute Gasteiger partial charge is 0.304 e. The van der Waals surface area contributed by atoms with Gasteiger partial charge in [0.25, 0.3) is 0 Å². The van der Waals surface area contributed by atoms with Crippen molar-refractivity contribution in [2.75, 3.05) is 17.7 Å². The van der Waals surface area contributed by atoms with Crippen molar-refractivity contribution in [1.29, 1.82) is 0 Å². The van der Waals surface area contributed by atoms with Crippen LogP contribution in [0.4, 0.5) is 11.5 Å². The van der Waals surface area contributed by atoms with Crippen LogP contribution in [0, 0.1) is 16.3 Å². The fourth-order valence-electron chi connectivity index (χ4n) is 3.59. The van der Waals surface area contributed by atoms with Crippen LogP contribution in [0.5, 0.6) is 5.75 Å². The molecule has 4 rings (SSSR count). The number of rotatable bonds is 12. The molecule has 0 radical (unpaired) electrons. The Morgan fingerprint density at radius 2 is 2.13 bits per heavy atom. The number of carboxylic acids is 1. The molecule has 2 heterocycles. The summed E-state index contributed by atoms with van der Waals surface area (Å²) in [4.78, 5) is 32.6. The van der Waals surface area contributed by atoms with Gasteiger partial charge in [0.05, 0.1) is 18.5 Å². The van der Waals surface area contributed by atoms with Gasteiger partial charge in [0.2, 0.25) is 0 Å². The molecule has 0 aliphatic heterocycles. The van der Waals surface area contributed by atoms with Gasteiger partial charge in [-0.1, -0.05) is 35.1 Å². The molecule has 0 unspecified atom stereocenters. The molecule has 0 saturated heterocycles. The number of carbonyl (C=O) groups excluding carboxylic acids is 1. The normalized spacial score (nSPS) is 10.7. The van der Waals surface area contributed by atoms with Gasteiger partial charge in [-0.25, -0.2) is 14.6 Å². The van der Waals surface area contributed by atoms with Gasteiger partial charge in [-0.3, -0.25) is 9.59 Å². The highest BCUT2D eigenvalue weighted by Crippen LogP contribution is 2.31. The van der Waals surface area contributed by atoms with Gasteiger partial charge in [-0.2, -0.15) is 5.10 Å². The quantitative estimate of drug-likeness (QED) is 0.136. The number of thioether (sulfide) groups is 1. The first kappa shape index (κ1) is 27.3. The van der Waals surface area contributed by atoms with Crippen molar-refractivity contribution in [3.05, 3.63) is 57.8 Å². The van der Waals surface area contributed by atoms with Crippen LogP contribution in [0.1, 0.15) is 24.5 Å². The highest BCUT2D eigenvalue weighted by molar-refractivity contribution is 8.01. The molecule has 0 aliphatic rings. The summed E-state index contributed by atoms with van der Waals surface area (Å²) < 4.78 is 8.39. The molecule has 0 spiro atoms. The maximum atomic E-state index is 13.1. The average molecular weight is 566 g/mol. The summed E-state index contributed by atoms with van der Waals surface area (Å²) in [6, 6.07) is 11.1. The predicted octanol–water partition coefficient (Wildman–Crippen LogP) is 5.12. The highest BCUT2D eigenvalue weighted by Gasteiger charge is 2.16. The van der Waals surface area contributed by atoms with Crippen molar-refractivity contribution < 1.29 is 19.4 Å². The third-order valence-corrected chi connectivity index (χ3v) is 7.70. The minimum Gasteiger partial charge on any atom is -0.494 e. The van der Waals surface area contributed by atoms with E-state index in [-0.39, 0.29) is 25.2 Å². The van der Waals surface area contributed by atoms with E-state index in [1.165, 1.54) is 34.1 Å². The SMILES string of the molecule is C#Cc1cccc(Nc2ncnc3cc(OCC)c(CC(=O)Cn4nc(SCCC(=O)O)sc4=S)cc23)c1. The lowest BCUT2D eigenvalue weighted by atomic mass is 10.0. The number of anilines is 2. The molecule has 0 saturated carbocycles. The van der Waals surface area contributed by atoms with E-state index >= 15 is 0 Å². The Labute approximate surface area is 232 Å². The zero-order valence-corrected chi connectivity index (χ0v) is 22.8. The summed E-state index contributed by atoms with van der Waals surface area (Å²) in [5, 5.41) is 17.2. The van der Waals surface area contributed by atoms with Crippen molar-refractivity contribution in [2.45, 2.75) is 30.6 Å². The Bertz CT molecular complexity index is 1590. The minimum atomic E-state index is -0.874. The van der Waals surface area contributed by atoms with Gasteiger partial charge in [0, 0.05) is 40.4 Å². The van der Waals surface area contributed by atoms with Crippen LogP contribution >= 0.6 is 35.3 Å². The number of aromatic nitrogens is 4. The number of carbonyl (C=O) groups is 2. The van der Waals surface area contributed by atoms with Gasteiger partial charge < -0.3 is 15.2 Å². The minimum absolute atomic E-state index is 0.00625. The fraction of sp³-hybridized carbons (Fsp3) is 0.231. The lowest BCUT2D eigenvalue weighted by molar-refractivity contribution is -0.136. The summed E-state index contributed by atoms with van der Waals surface area (Å²) >= 11 is 7.92. The summed E-state index contributed by atoms with van der Waals surface area (Å²) in [6.07, 6.45) is 7.10. The standard InChI is InChI=1S/C26H23N5O4S3/c1-3-16-6-5-7-18(10-16)29-24-20-12-17(22(35-4-2)13-21(20)27-15-28-24)11-19(32)14-31-26(36)38-25(30-31)37-9-8-23(33)34/h1,5-7,10,12-13,15H,4,8-9,11,14H2,2H3,(H,33,34)(H,27,28,29). The van der Waals surface area contributed by atoms with Crippen molar-refractivity contribution in [1.82, 2.24) is 19.7 Å². The van der Waals surface area contributed by atoms with Gasteiger partial charge >= 0.3 is 5.97 Å². The van der Waals surface area contributed by atoms with Crippen molar-refractivity contribution in [3.63, 3.8) is 0 Å². The molecule has 194 valence electrons. The van der Waals surface area contributed by atoms with Crippen LogP contribution in [-0.2, 0) is 22.6 Å². The van der Waals surface area contributed by atoms with Gasteiger partial charge in [0.1, 0.15) is 24.4 Å². The van der Waals surface area contributed by atoms with E-state index in [2.05, 4.69) is 26.3 Å². The van der Waals surface area contributed by atoms with Gasteiger partial charge in [-0.05, 0) is 43.4 Å². The van der Waals surface area contributed by atoms with Gasteiger partial charge in [0.15, 0.2) is 14.1 Å². The van der Waals surface area contributed by atoms with Crippen molar-refractivity contribution >= 4 is 69.5 Å². The molecule has 0 atom stereocenters. The third-order valence-electron chi connectivity index (χ3n) is 5.25. The first-order chi connectivity index (χ1) is 18.4.